The van der Waals surface area contributed by atoms with Gasteiger partial charge in [0, 0.05) is 22.3 Å². The van der Waals surface area contributed by atoms with E-state index in [1.54, 1.807) is 11.3 Å². The molecular formula is C19H23N3O2S2. The van der Waals surface area contributed by atoms with Crippen molar-refractivity contribution in [3.63, 3.8) is 0 Å². The SMILES string of the molecule is C[C@H]1c2ccsc2CCN1CC(=O)Nc1sc2c(c1C(N)=O)CCCC2. The molecular weight excluding hydrogens is 366 g/mol. The Kier molecular flexibility index (Phi) is 4.86. The van der Waals surface area contributed by atoms with Crippen LogP contribution in [-0.4, -0.2) is 29.8 Å². The lowest BCUT2D eigenvalue weighted by Crippen LogP contribution is -2.39. The number of anilines is 1. The average molecular weight is 390 g/mol. The molecule has 0 saturated heterocycles. The minimum atomic E-state index is -0.436. The summed E-state index contributed by atoms with van der Waals surface area (Å²) in [5, 5.41) is 5.73. The number of nitrogens with one attached hydrogen (secondary N) is 1. The van der Waals surface area contributed by atoms with Crippen LogP contribution >= 0.6 is 22.7 Å². The lowest BCUT2D eigenvalue weighted by atomic mass is 9.95. The van der Waals surface area contributed by atoms with Gasteiger partial charge in [-0.25, -0.2) is 0 Å². The molecule has 2 aliphatic rings. The van der Waals surface area contributed by atoms with Crippen molar-refractivity contribution in [2.75, 3.05) is 18.4 Å². The van der Waals surface area contributed by atoms with E-state index < -0.39 is 5.91 Å². The molecule has 0 unspecified atom stereocenters. The summed E-state index contributed by atoms with van der Waals surface area (Å²) in [5.74, 6) is -0.509. The van der Waals surface area contributed by atoms with Gasteiger partial charge >= 0.3 is 0 Å². The third-order valence-corrected chi connectivity index (χ3v) is 7.62. The molecule has 1 aliphatic heterocycles. The second-order valence-electron chi connectivity index (χ2n) is 7.02. The van der Waals surface area contributed by atoms with E-state index in [1.165, 1.54) is 26.7 Å². The van der Waals surface area contributed by atoms with Gasteiger partial charge in [-0.3, -0.25) is 14.5 Å². The van der Waals surface area contributed by atoms with Crippen molar-refractivity contribution >= 4 is 39.5 Å². The fraction of sp³-hybridized carbons (Fsp3) is 0.474. The molecule has 1 aliphatic carbocycles. The number of fused-ring (bicyclic) bond motifs is 2. The van der Waals surface area contributed by atoms with E-state index in [0.29, 0.717) is 17.1 Å². The van der Waals surface area contributed by atoms with Crippen LogP contribution in [0.4, 0.5) is 5.00 Å². The van der Waals surface area contributed by atoms with E-state index in [4.69, 9.17) is 5.73 Å². The standard InChI is InChI=1S/C19H23N3O2S2/c1-11-12-7-9-25-14(12)6-8-22(11)10-16(23)21-19-17(18(20)24)13-4-2-3-5-15(13)26-19/h7,9,11H,2-6,8,10H2,1H3,(H2,20,24)(H,21,23)/t11-/m0/s1. The van der Waals surface area contributed by atoms with Gasteiger partial charge in [-0.05, 0) is 61.6 Å². The second-order valence-corrected chi connectivity index (χ2v) is 9.13. The first-order valence-electron chi connectivity index (χ1n) is 9.09. The predicted molar refractivity (Wildman–Crippen MR) is 106 cm³/mol. The van der Waals surface area contributed by atoms with Crippen LogP contribution in [0.3, 0.4) is 0 Å². The van der Waals surface area contributed by atoms with E-state index in [2.05, 4.69) is 28.6 Å². The van der Waals surface area contributed by atoms with Crippen LogP contribution in [0.2, 0.25) is 0 Å². The number of primary amides is 1. The molecule has 5 nitrogen and oxygen atoms in total. The van der Waals surface area contributed by atoms with E-state index in [0.717, 1.165) is 44.2 Å². The predicted octanol–water partition coefficient (Wildman–Crippen LogP) is 3.35. The average Bonchev–Trinajstić information content (AvgIpc) is 3.21. The summed E-state index contributed by atoms with van der Waals surface area (Å²) >= 11 is 3.32. The van der Waals surface area contributed by atoms with Crippen molar-refractivity contribution in [3.05, 3.63) is 37.9 Å². The minimum Gasteiger partial charge on any atom is -0.365 e. The van der Waals surface area contributed by atoms with Gasteiger partial charge in [0.05, 0.1) is 12.1 Å². The quantitative estimate of drug-likeness (QED) is 0.842. The number of carbonyl (C=O) groups is 2. The zero-order chi connectivity index (χ0) is 18.3. The van der Waals surface area contributed by atoms with E-state index in [9.17, 15) is 9.59 Å². The Hall–Kier alpha value is -1.70. The Morgan fingerprint density at radius 3 is 2.88 bits per heavy atom. The number of hydrogen-bond donors (Lipinski definition) is 2. The summed E-state index contributed by atoms with van der Waals surface area (Å²) in [6.07, 6.45) is 5.05. The second kappa shape index (κ2) is 7.13. The number of hydrogen-bond acceptors (Lipinski definition) is 5. The topological polar surface area (TPSA) is 75.4 Å². The molecule has 1 atom stereocenters. The fourth-order valence-electron chi connectivity index (χ4n) is 4.04. The van der Waals surface area contributed by atoms with Crippen molar-refractivity contribution in [2.24, 2.45) is 5.73 Å². The summed E-state index contributed by atoms with van der Waals surface area (Å²) in [4.78, 5) is 29.4. The first kappa shape index (κ1) is 17.7. The number of amides is 2. The smallest absolute Gasteiger partial charge is 0.251 e. The summed E-state index contributed by atoms with van der Waals surface area (Å²) in [7, 11) is 0. The van der Waals surface area contributed by atoms with Crippen LogP contribution in [0.15, 0.2) is 11.4 Å². The van der Waals surface area contributed by atoms with Gasteiger partial charge in [0.1, 0.15) is 5.00 Å². The molecule has 2 aromatic rings. The van der Waals surface area contributed by atoms with Gasteiger partial charge in [-0.15, -0.1) is 22.7 Å². The molecule has 2 aromatic heterocycles. The van der Waals surface area contributed by atoms with E-state index >= 15 is 0 Å². The number of rotatable bonds is 4. The molecule has 2 amide bonds. The van der Waals surface area contributed by atoms with Gasteiger partial charge in [0.15, 0.2) is 0 Å². The van der Waals surface area contributed by atoms with Crippen LogP contribution in [-0.2, 0) is 24.1 Å². The minimum absolute atomic E-state index is 0.0726. The maximum Gasteiger partial charge on any atom is 0.251 e. The normalized spacial score (nSPS) is 19.7. The Balaban J connectivity index is 1.49. The number of carbonyl (C=O) groups excluding carboxylic acids is 2. The van der Waals surface area contributed by atoms with Crippen LogP contribution in [0, 0.1) is 0 Å². The maximum absolute atomic E-state index is 12.7. The van der Waals surface area contributed by atoms with E-state index in [-0.39, 0.29) is 11.9 Å². The Labute approximate surface area is 161 Å². The Morgan fingerprint density at radius 2 is 2.08 bits per heavy atom. The Morgan fingerprint density at radius 1 is 1.27 bits per heavy atom. The van der Waals surface area contributed by atoms with Gasteiger partial charge in [-0.2, -0.15) is 0 Å². The lowest BCUT2D eigenvalue weighted by Gasteiger charge is -2.32. The van der Waals surface area contributed by atoms with E-state index in [1.807, 2.05) is 0 Å². The number of thiophene rings is 2. The zero-order valence-corrected chi connectivity index (χ0v) is 16.5. The molecule has 26 heavy (non-hydrogen) atoms. The molecule has 3 heterocycles. The first-order chi connectivity index (χ1) is 12.5. The first-order valence-corrected chi connectivity index (χ1v) is 10.8. The molecule has 4 rings (SSSR count). The highest BCUT2D eigenvalue weighted by Crippen LogP contribution is 2.38. The molecule has 0 aromatic carbocycles. The molecule has 0 radical (unpaired) electrons. The van der Waals surface area contributed by atoms with Gasteiger partial charge in [-0.1, -0.05) is 0 Å². The number of nitrogens with zero attached hydrogens (tertiary/aromatic N) is 1. The number of nitrogens with two attached hydrogens (primary N) is 1. The number of aryl methyl sites for hydroxylation is 1. The van der Waals surface area contributed by atoms with Gasteiger partial charge in [0.2, 0.25) is 5.91 Å². The van der Waals surface area contributed by atoms with Crippen molar-refractivity contribution in [1.82, 2.24) is 4.90 Å². The van der Waals surface area contributed by atoms with Crippen molar-refractivity contribution in [2.45, 2.75) is 45.1 Å². The highest BCUT2D eigenvalue weighted by atomic mass is 32.1. The van der Waals surface area contributed by atoms with Crippen molar-refractivity contribution in [1.29, 1.82) is 0 Å². The van der Waals surface area contributed by atoms with Crippen LogP contribution in [0.25, 0.3) is 0 Å². The maximum atomic E-state index is 12.7. The molecule has 0 fully saturated rings. The lowest BCUT2D eigenvalue weighted by molar-refractivity contribution is -0.117. The highest BCUT2D eigenvalue weighted by molar-refractivity contribution is 7.17. The van der Waals surface area contributed by atoms with Crippen LogP contribution in [0.5, 0.6) is 0 Å². The highest BCUT2D eigenvalue weighted by Gasteiger charge is 2.28. The van der Waals surface area contributed by atoms with Gasteiger partial charge in [0.25, 0.3) is 5.91 Å². The van der Waals surface area contributed by atoms with Gasteiger partial charge < -0.3 is 11.1 Å². The summed E-state index contributed by atoms with van der Waals surface area (Å²) < 4.78 is 0. The third kappa shape index (κ3) is 3.19. The molecule has 138 valence electrons. The molecule has 7 heteroatoms. The summed E-state index contributed by atoms with van der Waals surface area (Å²) in [6.45, 7) is 3.36. The summed E-state index contributed by atoms with van der Waals surface area (Å²) in [6, 6.07) is 2.40. The fourth-order valence-corrected chi connectivity index (χ4v) is 6.32. The zero-order valence-electron chi connectivity index (χ0n) is 14.8. The van der Waals surface area contributed by atoms with Crippen LogP contribution in [0.1, 0.15) is 57.0 Å². The van der Waals surface area contributed by atoms with Crippen LogP contribution < -0.4 is 11.1 Å². The molecule has 3 N–H and O–H groups in total. The Bertz CT molecular complexity index is 855. The summed E-state index contributed by atoms with van der Waals surface area (Å²) in [5.41, 5.74) is 8.53. The molecule has 0 saturated carbocycles. The third-order valence-electron chi connectivity index (χ3n) is 5.42. The largest absolute Gasteiger partial charge is 0.365 e. The molecule has 0 spiro atoms. The monoisotopic (exact) mass is 389 g/mol. The molecule has 0 bridgehead atoms. The van der Waals surface area contributed by atoms with Crippen molar-refractivity contribution in [3.8, 4) is 0 Å². The van der Waals surface area contributed by atoms with Crippen molar-refractivity contribution < 1.29 is 9.59 Å².